The standard InChI is InChI=1S/C34H57N3O4/c1-10-26-18-20-27(21-19-26)30(31(38)35-28-14-12-11-13-15-28)37(25(6)17-16-23(2)3)32(39)29(22-24(4)5)36-33(40)41-34(7,8)9/h18-21,23-25,28-30H,10-17,22H2,1-9H3,(H,35,38)(H,36,40). The fraction of sp³-hybridized carbons (Fsp3) is 0.735. The van der Waals surface area contributed by atoms with Crippen LogP contribution in [0.1, 0.15) is 131 Å². The summed E-state index contributed by atoms with van der Waals surface area (Å²) in [5, 5.41) is 6.17. The maximum absolute atomic E-state index is 14.6. The number of nitrogens with zero attached hydrogens (tertiary/aromatic N) is 1. The molecule has 0 aliphatic heterocycles. The van der Waals surface area contributed by atoms with E-state index in [9.17, 15) is 14.4 Å². The molecule has 1 aromatic carbocycles. The summed E-state index contributed by atoms with van der Waals surface area (Å²) in [6.07, 6.45) is 7.70. The van der Waals surface area contributed by atoms with Gasteiger partial charge in [-0.05, 0) is 89.2 Å². The molecule has 232 valence electrons. The van der Waals surface area contributed by atoms with Crippen LogP contribution in [0.3, 0.4) is 0 Å². The lowest BCUT2D eigenvalue weighted by Crippen LogP contribution is -2.56. The number of hydrogen-bond acceptors (Lipinski definition) is 4. The van der Waals surface area contributed by atoms with Gasteiger partial charge in [-0.3, -0.25) is 9.59 Å². The summed E-state index contributed by atoms with van der Waals surface area (Å²) in [7, 11) is 0. The zero-order chi connectivity index (χ0) is 30.7. The Kier molecular flexibility index (Phi) is 13.7. The van der Waals surface area contributed by atoms with Gasteiger partial charge in [0.25, 0.3) is 0 Å². The van der Waals surface area contributed by atoms with Crippen molar-refractivity contribution in [2.45, 2.75) is 150 Å². The highest BCUT2D eigenvalue weighted by molar-refractivity contribution is 5.92. The van der Waals surface area contributed by atoms with Crippen molar-refractivity contribution in [2.24, 2.45) is 11.8 Å². The van der Waals surface area contributed by atoms with Crippen LogP contribution in [0.4, 0.5) is 4.79 Å². The minimum absolute atomic E-state index is 0.114. The molecule has 2 rings (SSSR count). The largest absolute Gasteiger partial charge is 0.444 e. The molecule has 0 aromatic heterocycles. The van der Waals surface area contributed by atoms with E-state index in [1.54, 1.807) is 25.7 Å². The summed E-state index contributed by atoms with van der Waals surface area (Å²) < 4.78 is 5.54. The number of nitrogens with one attached hydrogen (secondary N) is 2. The second-order valence-electron chi connectivity index (χ2n) is 13.7. The number of carbonyl (C=O) groups is 3. The van der Waals surface area contributed by atoms with E-state index < -0.39 is 23.8 Å². The number of alkyl carbamates (subject to hydrolysis) is 1. The Balaban J connectivity index is 2.56. The predicted molar refractivity (Wildman–Crippen MR) is 167 cm³/mol. The van der Waals surface area contributed by atoms with Crippen LogP contribution in [0, 0.1) is 11.8 Å². The highest BCUT2D eigenvalue weighted by Gasteiger charge is 2.39. The maximum atomic E-state index is 14.6. The van der Waals surface area contributed by atoms with Crippen LogP contribution in [0.2, 0.25) is 0 Å². The number of rotatable bonds is 13. The van der Waals surface area contributed by atoms with E-state index in [1.807, 2.05) is 45.0 Å². The molecule has 1 aliphatic rings. The van der Waals surface area contributed by atoms with Crippen LogP contribution in [0.15, 0.2) is 24.3 Å². The molecule has 1 aliphatic carbocycles. The Morgan fingerprint density at radius 1 is 0.927 bits per heavy atom. The Morgan fingerprint density at radius 3 is 2.05 bits per heavy atom. The van der Waals surface area contributed by atoms with Crippen LogP contribution in [-0.2, 0) is 20.7 Å². The molecule has 1 aromatic rings. The monoisotopic (exact) mass is 571 g/mol. The van der Waals surface area contributed by atoms with Crippen LogP contribution >= 0.6 is 0 Å². The van der Waals surface area contributed by atoms with Gasteiger partial charge in [0.1, 0.15) is 17.7 Å². The lowest BCUT2D eigenvalue weighted by atomic mass is 9.93. The summed E-state index contributed by atoms with van der Waals surface area (Å²) >= 11 is 0. The van der Waals surface area contributed by atoms with Gasteiger partial charge in [-0.15, -0.1) is 0 Å². The van der Waals surface area contributed by atoms with Crippen molar-refractivity contribution in [1.29, 1.82) is 0 Å². The molecule has 0 heterocycles. The first-order chi connectivity index (χ1) is 19.2. The molecule has 1 fully saturated rings. The lowest BCUT2D eigenvalue weighted by molar-refractivity contribution is -0.146. The highest BCUT2D eigenvalue weighted by Crippen LogP contribution is 2.30. The van der Waals surface area contributed by atoms with Crippen LogP contribution in [0.25, 0.3) is 0 Å². The molecular formula is C34H57N3O4. The van der Waals surface area contributed by atoms with Gasteiger partial charge in [0.05, 0.1) is 0 Å². The average Bonchev–Trinajstić information content (AvgIpc) is 2.88. The molecule has 0 bridgehead atoms. The molecule has 0 spiro atoms. The number of aryl methyl sites for hydroxylation is 1. The average molecular weight is 572 g/mol. The molecule has 3 unspecified atom stereocenters. The van der Waals surface area contributed by atoms with E-state index in [0.717, 1.165) is 50.5 Å². The molecule has 7 heteroatoms. The fourth-order valence-electron chi connectivity index (χ4n) is 5.54. The van der Waals surface area contributed by atoms with Crippen molar-refractivity contribution in [3.05, 3.63) is 35.4 Å². The molecule has 1 saturated carbocycles. The van der Waals surface area contributed by atoms with Crippen molar-refractivity contribution < 1.29 is 19.1 Å². The first-order valence-electron chi connectivity index (χ1n) is 15.9. The quantitative estimate of drug-likeness (QED) is 0.259. The molecule has 0 radical (unpaired) electrons. The Hall–Kier alpha value is -2.57. The molecule has 2 N–H and O–H groups in total. The van der Waals surface area contributed by atoms with Gasteiger partial charge >= 0.3 is 6.09 Å². The number of benzene rings is 1. The minimum atomic E-state index is -0.814. The van der Waals surface area contributed by atoms with Gasteiger partial charge in [-0.1, -0.05) is 78.1 Å². The third kappa shape index (κ3) is 11.7. The zero-order valence-electron chi connectivity index (χ0n) is 27.2. The Morgan fingerprint density at radius 2 is 1.54 bits per heavy atom. The smallest absolute Gasteiger partial charge is 0.408 e. The first kappa shape index (κ1) is 34.6. The van der Waals surface area contributed by atoms with Gasteiger partial charge in [0.2, 0.25) is 11.8 Å². The van der Waals surface area contributed by atoms with Crippen molar-refractivity contribution in [1.82, 2.24) is 15.5 Å². The predicted octanol–water partition coefficient (Wildman–Crippen LogP) is 7.33. The maximum Gasteiger partial charge on any atom is 0.408 e. The lowest BCUT2D eigenvalue weighted by Gasteiger charge is -2.40. The van der Waals surface area contributed by atoms with Gasteiger partial charge in [-0.25, -0.2) is 4.79 Å². The molecule has 41 heavy (non-hydrogen) atoms. The number of ether oxygens (including phenoxy) is 1. The van der Waals surface area contributed by atoms with Crippen molar-refractivity contribution >= 4 is 17.9 Å². The van der Waals surface area contributed by atoms with Crippen LogP contribution in [-0.4, -0.2) is 46.5 Å². The third-order valence-corrected chi connectivity index (χ3v) is 7.77. The van der Waals surface area contributed by atoms with Gasteiger partial charge in [-0.2, -0.15) is 0 Å². The van der Waals surface area contributed by atoms with E-state index >= 15 is 0 Å². The van der Waals surface area contributed by atoms with Gasteiger partial charge in [0, 0.05) is 12.1 Å². The Labute approximate surface area is 249 Å². The normalized spacial score (nSPS) is 16.7. The topological polar surface area (TPSA) is 87.7 Å². The van der Waals surface area contributed by atoms with Crippen molar-refractivity contribution in [3.8, 4) is 0 Å². The summed E-state index contributed by atoms with van der Waals surface area (Å²) in [5.41, 5.74) is 1.28. The van der Waals surface area contributed by atoms with E-state index in [0.29, 0.717) is 12.3 Å². The first-order valence-corrected chi connectivity index (χ1v) is 15.9. The number of carbonyl (C=O) groups excluding carboxylic acids is 3. The summed E-state index contributed by atoms with van der Waals surface area (Å²) in [6, 6.07) is 6.34. The van der Waals surface area contributed by atoms with E-state index in [4.69, 9.17) is 4.74 Å². The second kappa shape index (κ2) is 16.2. The Bertz CT molecular complexity index is 961. The fourth-order valence-corrected chi connectivity index (χ4v) is 5.54. The number of amides is 3. The third-order valence-electron chi connectivity index (χ3n) is 7.77. The molecule has 3 amide bonds. The second-order valence-corrected chi connectivity index (χ2v) is 13.7. The minimum Gasteiger partial charge on any atom is -0.444 e. The summed E-state index contributed by atoms with van der Waals surface area (Å²) in [5.74, 6) is 0.208. The molecule has 0 saturated heterocycles. The van der Waals surface area contributed by atoms with Crippen molar-refractivity contribution in [3.63, 3.8) is 0 Å². The molecule has 7 nitrogen and oxygen atoms in total. The van der Waals surface area contributed by atoms with Gasteiger partial charge in [0.15, 0.2) is 0 Å². The number of hydrogen-bond donors (Lipinski definition) is 2. The SMILES string of the molecule is CCc1ccc(C(C(=O)NC2CCCCC2)N(C(=O)C(CC(C)C)NC(=O)OC(C)(C)C)C(C)CCC(C)C)cc1. The summed E-state index contributed by atoms with van der Waals surface area (Å²) in [6.45, 7) is 17.9. The van der Waals surface area contributed by atoms with Crippen LogP contribution in [0.5, 0.6) is 0 Å². The van der Waals surface area contributed by atoms with Crippen LogP contribution < -0.4 is 10.6 Å². The summed E-state index contributed by atoms with van der Waals surface area (Å²) in [4.78, 5) is 43.4. The highest BCUT2D eigenvalue weighted by atomic mass is 16.6. The van der Waals surface area contributed by atoms with E-state index in [1.165, 1.54) is 12.0 Å². The van der Waals surface area contributed by atoms with Gasteiger partial charge < -0.3 is 20.3 Å². The molecular weight excluding hydrogens is 514 g/mol. The molecule has 3 atom stereocenters. The van der Waals surface area contributed by atoms with E-state index in [2.05, 4.69) is 31.4 Å². The van der Waals surface area contributed by atoms with E-state index in [-0.39, 0.29) is 29.8 Å². The zero-order valence-corrected chi connectivity index (χ0v) is 27.2. The van der Waals surface area contributed by atoms with Crippen molar-refractivity contribution in [2.75, 3.05) is 0 Å².